The van der Waals surface area contributed by atoms with Gasteiger partial charge in [-0.3, -0.25) is 0 Å². The summed E-state index contributed by atoms with van der Waals surface area (Å²) in [5.41, 5.74) is 1.09. The fraction of sp³-hybridized carbons (Fsp3) is 0.632. The molecule has 0 unspecified atom stereocenters. The van der Waals surface area contributed by atoms with Crippen molar-refractivity contribution in [3.63, 3.8) is 0 Å². The van der Waals surface area contributed by atoms with Gasteiger partial charge in [0, 0.05) is 36.2 Å². The third-order valence-corrected chi connectivity index (χ3v) is 4.94. The topological polar surface area (TPSA) is 75.3 Å². The van der Waals surface area contributed by atoms with Gasteiger partial charge in [-0.05, 0) is 6.92 Å². The van der Waals surface area contributed by atoms with E-state index in [1.165, 1.54) is 5.01 Å². The number of rotatable bonds is 7. The van der Waals surface area contributed by atoms with E-state index in [1.54, 1.807) is 17.5 Å². The molecule has 0 fully saturated rings. The maximum Gasteiger partial charge on any atom is 0.216 e. The van der Waals surface area contributed by atoms with Gasteiger partial charge in [0.25, 0.3) is 0 Å². The average molecular weight is 505 g/mol. The molecular formula is C19H32IN5OS. The second-order valence-corrected chi connectivity index (χ2v) is 8.46. The molecule has 0 aliphatic rings. The summed E-state index contributed by atoms with van der Waals surface area (Å²) in [4.78, 5) is 13.6. The number of guanidine groups is 1. The van der Waals surface area contributed by atoms with Gasteiger partial charge < -0.3 is 15.1 Å². The first-order chi connectivity index (χ1) is 12.3. The fourth-order valence-electron chi connectivity index (χ4n) is 2.23. The number of thiazole rings is 1. The number of aromatic nitrogens is 2. The van der Waals surface area contributed by atoms with Gasteiger partial charge in [-0.15, -0.1) is 35.3 Å². The van der Waals surface area contributed by atoms with Crippen LogP contribution in [0.4, 0.5) is 0 Å². The SMILES string of the molecule is CCNC(=NCc1ncc(C(C)(C)C)o1)NCCc1csc(C(C)C)n1.I. The zero-order valence-corrected chi connectivity index (χ0v) is 20.3. The van der Waals surface area contributed by atoms with Crippen LogP contribution >= 0.6 is 35.3 Å². The third kappa shape index (κ3) is 7.77. The zero-order valence-electron chi connectivity index (χ0n) is 17.1. The highest BCUT2D eigenvalue weighted by Gasteiger charge is 2.19. The quantitative estimate of drug-likeness (QED) is 0.330. The summed E-state index contributed by atoms with van der Waals surface area (Å²) in [7, 11) is 0. The van der Waals surface area contributed by atoms with Crippen LogP contribution in [-0.4, -0.2) is 29.0 Å². The second kappa shape index (κ2) is 11.0. The highest BCUT2D eigenvalue weighted by molar-refractivity contribution is 14.0. The molecule has 0 spiro atoms. The van der Waals surface area contributed by atoms with E-state index in [2.05, 4.69) is 72.5 Å². The Hall–Kier alpha value is -1.16. The Balaban J connectivity index is 0.00000364. The number of halogens is 1. The molecule has 0 bridgehead atoms. The Kier molecular flexibility index (Phi) is 9.72. The lowest BCUT2D eigenvalue weighted by Crippen LogP contribution is -2.38. The van der Waals surface area contributed by atoms with Gasteiger partial charge in [0.1, 0.15) is 12.3 Å². The minimum Gasteiger partial charge on any atom is -0.443 e. The lowest BCUT2D eigenvalue weighted by molar-refractivity contribution is 0.383. The van der Waals surface area contributed by atoms with Gasteiger partial charge >= 0.3 is 0 Å². The lowest BCUT2D eigenvalue weighted by Gasteiger charge is -2.13. The van der Waals surface area contributed by atoms with Gasteiger partial charge in [-0.25, -0.2) is 15.0 Å². The van der Waals surface area contributed by atoms with Crippen LogP contribution in [0.5, 0.6) is 0 Å². The van der Waals surface area contributed by atoms with Crippen molar-refractivity contribution >= 4 is 41.3 Å². The highest BCUT2D eigenvalue weighted by Crippen LogP contribution is 2.22. The number of hydrogen-bond donors (Lipinski definition) is 2. The van der Waals surface area contributed by atoms with Crippen LogP contribution in [0.25, 0.3) is 0 Å². The molecule has 6 nitrogen and oxygen atoms in total. The minimum absolute atomic E-state index is 0. The van der Waals surface area contributed by atoms with Crippen molar-refractivity contribution in [1.29, 1.82) is 0 Å². The number of aliphatic imine (C=N–C) groups is 1. The predicted octanol–water partition coefficient (Wildman–Crippen LogP) is 4.47. The Morgan fingerprint density at radius 1 is 1.30 bits per heavy atom. The van der Waals surface area contributed by atoms with E-state index in [4.69, 9.17) is 4.42 Å². The van der Waals surface area contributed by atoms with Crippen molar-refractivity contribution in [2.45, 2.75) is 65.8 Å². The fourth-order valence-corrected chi connectivity index (χ4v) is 3.10. The van der Waals surface area contributed by atoms with Crippen LogP contribution in [0.2, 0.25) is 0 Å². The van der Waals surface area contributed by atoms with Gasteiger partial charge in [0.2, 0.25) is 5.89 Å². The molecule has 0 aromatic carbocycles. The Bertz CT molecular complexity index is 718. The largest absolute Gasteiger partial charge is 0.443 e. The molecular weight excluding hydrogens is 473 g/mol. The number of nitrogens with zero attached hydrogens (tertiary/aromatic N) is 3. The van der Waals surface area contributed by atoms with Crippen LogP contribution in [0.1, 0.15) is 69.8 Å². The Morgan fingerprint density at radius 3 is 2.59 bits per heavy atom. The van der Waals surface area contributed by atoms with Crippen LogP contribution in [0.15, 0.2) is 21.0 Å². The van der Waals surface area contributed by atoms with Gasteiger partial charge in [-0.1, -0.05) is 34.6 Å². The first-order valence-electron chi connectivity index (χ1n) is 9.21. The van der Waals surface area contributed by atoms with Crippen molar-refractivity contribution in [3.8, 4) is 0 Å². The number of oxazole rings is 1. The van der Waals surface area contributed by atoms with E-state index in [9.17, 15) is 0 Å². The van der Waals surface area contributed by atoms with E-state index in [-0.39, 0.29) is 29.4 Å². The molecule has 2 N–H and O–H groups in total. The molecule has 0 atom stereocenters. The molecule has 0 radical (unpaired) electrons. The van der Waals surface area contributed by atoms with Crippen molar-refractivity contribution in [3.05, 3.63) is 33.9 Å². The van der Waals surface area contributed by atoms with Gasteiger partial charge in [0.05, 0.1) is 16.9 Å². The molecule has 0 amide bonds. The standard InChI is InChI=1S/C19H31N5OS.HI/c1-7-20-18(21-9-8-14-12-26-17(24-14)13(2)3)23-11-16-22-10-15(25-16)19(4,5)6;/h10,12-13H,7-9,11H2,1-6H3,(H2,20,21,23);1H. The summed E-state index contributed by atoms with van der Waals surface area (Å²) < 4.78 is 5.79. The number of nitrogens with one attached hydrogen (secondary N) is 2. The Labute approximate surface area is 183 Å². The monoisotopic (exact) mass is 505 g/mol. The summed E-state index contributed by atoms with van der Waals surface area (Å²) in [6, 6.07) is 0. The maximum absolute atomic E-state index is 5.79. The first-order valence-corrected chi connectivity index (χ1v) is 10.1. The average Bonchev–Trinajstić information content (AvgIpc) is 3.21. The van der Waals surface area contributed by atoms with Crippen LogP contribution in [0.3, 0.4) is 0 Å². The summed E-state index contributed by atoms with van der Waals surface area (Å²) in [6.45, 7) is 14.7. The molecule has 2 aromatic rings. The molecule has 0 aliphatic heterocycles. The van der Waals surface area contributed by atoms with E-state index in [1.807, 2.05) is 0 Å². The van der Waals surface area contributed by atoms with E-state index in [0.29, 0.717) is 18.4 Å². The van der Waals surface area contributed by atoms with Crippen LogP contribution < -0.4 is 10.6 Å². The van der Waals surface area contributed by atoms with Gasteiger partial charge in [-0.2, -0.15) is 0 Å². The van der Waals surface area contributed by atoms with Crippen molar-refractivity contribution in [1.82, 2.24) is 20.6 Å². The summed E-state index contributed by atoms with van der Waals surface area (Å²) in [5, 5.41) is 9.93. The van der Waals surface area contributed by atoms with E-state index < -0.39 is 0 Å². The summed E-state index contributed by atoms with van der Waals surface area (Å²) in [5.74, 6) is 2.76. The summed E-state index contributed by atoms with van der Waals surface area (Å²) >= 11 is 1.73. The lowest BCUT2D eigenvalue weighted by atomic mass is 9.94. The Morgan fingerprint density at radius 2 is 2.04 bits per heavy atom. The minimum atomic E-state index is -0.0416. The van der Waals surface area contributed by atoms with Crippen LogP contribution in [0, 0.1) is 0 Å². The molecule has 2 aromatic heterocycles. The van der Waals surface area contributed by atoms with Crippen molar-refractivity contribution < 1.29 is 4.42 Å². The van der Waals surface area contributed by atoms with Crippen molar-refractivity contribution in [2.24, 2.45) is 4.99 Å². The zero-order chi connectivity index (χ0) is 19.2. The summed E-state index contributed by atoms with van der Waals surface area (Å²) in [6.07, 6.45) is 2.67. The predicted molar refractivity (Wildman–Crippen MR) is 123 cm³/mol. The molecule has 0 saturated carbocycles. The maximum atomic E-state index is 5.79. The molecule has 8 heteroatoms. The normalized spacial score (nSPS) is 12.2. The van der Waals surface area contributed by atoms with Crippen molar-refractivity contribution in [2.75, 3.05) is 13.1 Å². The first kappa shape index (κ1) is 23.9. The molecule has 0 aliphatic carbocycles. The van der Waals surface area contributed by atoms with Crippen LogP contribution in [-0.2, 0) is 18.4 Å². The molecule has 152 valence electrons. The molecule has 0 saturated heterocycles. The third-order valence-electron chi connectivity index (χ3n) is 3.75. The van der Waals surface area contributed by atoms with E-state index in [0.717, 1.165) is 36.9 Å². The molecule has 2 heterocycles. The molecule has 2 rings (SSSR count). The van der Waals surface area contributed by atoms with Gasteiger partial charge in [0.15, 0.2) is 5.96 Å². The highest BCUT2D eigenvalue weighted by atomic mass is 127. The molecule has 27 heavy (non-hydrogen) atoms. The van der Waals surface area contributed by atoms with E-state index >= 15 is 0 Å². The smallest absolute Gasteiger partial charge is 0.216 e. The second-order valence-electron chi connectivity index (χ2n) is 7.57. The number of hydrogen-bond acceptors (Lipinski definition) is 5.